The predicted molar refractivity (Wildman–Crippen MR) is 110 cm³/mol. The highest BCUT2D eigenvalue weighted by atomic mass is 32.2. The van der Waals surface area contributed by atoms with Crippen LogP contribution in [0.1, 0.15) is 12.5 Å². The molecule has 0 bridgehead atoms. The van der Waals surface area contributed by atoms with Crippen LogP contribution in [-0.2, 0) is 16.4 Å². The largest absolute Gasteiger partial charge is 0.497 e. The predicted octanol–water partition coefficient (Wildman–Crippen LogP) is 3.37. The fourth-order valence-electron chi connectivity index (χ4n) is 3.72. The van der Waals surface area contributed by atoms with Crippen molar-refractivity contribution in [1.29, 1.82) is 0 Å². The van der Waals surface area contributed by atoms with Crippen molar-refractivity contribution in [2.75, 3.05) is 28.3 Å². The summed E-state index contributed by atoms with van der Waals surface area (Å²) in [4.78, 5) is 2.40. The molecule has 0 aliphatic carbocycles. The molecule has 0 N–H and O–H groups in total. The molecule has 2 heterocycles. The molecule has 0 saturated heterocycles. The van der Waals surface area contributed by atoms with Gasteiger partial charge >= 0.3 is 0 Å². The molecule has 28 heavy (non-hydrogen) atoms. The first-order valence-corrected chi connectivity index (χ1v) is 10.5. The summed E-state index contributed by atoms with van der Waals surface area (Å²) in [6, 6.07) is 9.15. The Hall–Kier alpha value is -2.51. The van der Waals surface area contributed by atoms with E-state index < -0.39 is 10.0 Å². The number of methoxy groups -OCH3 is 2. The number of aromatic nitrogens is 1. The van der Waals surface area contributed by atoms with Crippen molar-refractivity contribution < 1.29 is 17.9 Å². The molecular weight excluding hydrogens is 376 g/mol. The van der Waals surface area contributed by atoms with E-state index in [1.54, 1.807) is 38.6 Å². The van der Waals surface area contributed by atoms with E-state index in [2.05, 4.69) is 11.8 Å². The fraction of sp³-hybridized carbons (Fsp3) is 0.333. The molecule has 1 unspecified atom stereocenters. The van der Waals surface area contributed by atoms with E-state index in [-0.39, 0.29) is 10.9 Å². The van der Waals surface area contributed by atoms with Crippen LogP contribution in [0.2, 0.25) is 0 Å². The summed E-state index contributed by atoms with van der Waals surface area (Å²) in [5.41, 5.74) is 3.16. The molecule has 0 amide bonds. The van der Waals surface area contributed by atoms with Gasteiger partial charge in [0.2, 0.25) is 0 Å². The molecule has 0 radical (unpaired) electrons. The molecule has 0 fully saturated rings. The average Bonchev–Trinajstić information content (AvgIpc) is 3.05. The van der Waals surface area contributed by atoms with E-state index in [4.69, 9.17) is 9.47 Å². The minimum atomic E-state index is -3.68. The number of likely N-dealkylation sites (N-methyl/N-ethyl adjacent to an activating group) is 1. The second-order valence-electron chi connectivity index (χ2n) is 7.41. The van der Waals surface area contributed by atoms with Gasteiger partial charge in [0.1, 0.15) is 11.5 Å². The molecule has 7 heteroatoms. The molecule has 1 aromatic heterocycles. The van der Waals surface area contributed by atoms with E-state index in [0.717, 1.165) is 22.9 Å². The lowest BCUT2D eigenvalue weighted by Gasteiger charge is -2.21. The molecule has 2 aromatic carbocycles. The van der Waals surface area contributed by atoms with Crippen molar-refractivity contribution >= 4 is 20.9 Å². The number of benzene rings is 2. The second kappa shape index (κ2) is 6.53. The maximum atomic E-state index is 13.3. The first kappa shape index (κ1) is 18.8. The van der Waals surface area contributed by atoms with Gasteiger partial charge in [-0.2, -0.15) is 0 Å². The first-order chi connectivity index (χ1) is 13.3. The van der Waals surface area contributed by atoms with Crippen LogP contribution in [0.4, 0.5) is 0 Å². The van der Waals surface area contributed by atoms with E-state index >= 15 is 0 Å². The van der Waals surface area contributed by atoms with Crippen molar-refractivity contribution in [2.45, 2.75) is 24.3 Å². The number of rotatable bonds is 5. The van der Waals surface area contributed by atoms with Crippen LogP contribution in [-0.4, -0.2) is 51.6 Å². The quantitative estimate of drug-likeness (QED) is 0.514. The van der Waals surface area contributed by atoms with Crippen LogP contribution in [0.5, 0.6) is 11.5 Å². The summed E-state index contributed by atoms with van der Waals surface area (Å²) < 4.78 is 39.0. The Labute approximate surface area is 165 Å². The molecule has 3 aromatic rings. The number of ether oxygens (including phenoxy) is 2. The molecule has 1 aliphatic rings. The van der Waals surface area contributed by atoms with Crippen molar-refractivity contribution in [3.63, 3.8) is 0 Å². The molecule has 6 nitrogen and oxygen atoms in total. The van der Waals surface area contributed by atoms with Gasteiger partial charge in [-0.15, -0.1) is 0 Å². The zero-order chi connectivity index (χ0) is 20.2. The lowest BCUT2D eigenvalue weighted by Crippen LogP contribution is -2.26. The van der Waals surface area contributed by atoms with Gasteiger partial charge in [0, 0.05) is 28.8 Å². The molecule has 1 atom stereocenters. The molecule has 148 valence electrons. The Morgan fingerprint density at radius 3 is 2.36 bits per heavy atom. The SMILES string of the molecule is COc1ccc2c(c1)-c1cc(OC)cc3c(CC(C)N(C)C)cn(c13)S2(=O)=O. The van der Waals surface area contributed by atoms with Crippen molar-refractivity contribution in [2.24, 2.45) is 0 Å². The lowest BCUT2D eigenvalue weighted by atomic mass is 9.99. The zero-order valence-electron chi connectivity index (χ0n) is 16.7. The maximum Gasteiger partial charge on any atom is 0.268 e. The highest BCUT2D eigenvalue weighted by molar-refractivity contribution is 7.90. The Bertz CT molecular complexity index is 1180. The topological polar surface area (TPSA) is 60.8 Å². The maximum absolute atomic E-state index is 13.3. The normalized spacial score (nSPS) is 15.5. The van der Waals surface area contributed by atoms with Crippen molar-refractivity contribution in [3.8, 4) is 22.6 Å². The van der Waals surface area contributed by atoms with Crippen LogP contribution in [0.25, 0.3) is 22.0 Å². The van der Waals surface area contributed by atoms with Crippen molar-refractivity contribution in [1.82, 2.24) is 8.87 Å². The molecule has 0 spiro atoms. The van der Waals surface area contributed by atoms with E-state index in [1.165, 1.54) is 3.97 Å². The summed E-state index contributed by atoms with van der Waals surface area (Å²) in [7, 11) is 3.56. The third kappa shape index (κ3) is 2.69. The number of nitrogens with zero attached hydrogens (tertiary/aromatic N) is 2. The minimum Gasteiger partial charge on any atom is -0.497 e. The van der Waals surface area contributed by atoms with Crippen LogP contribution in [0, 0.1) is 0 Å². The Balaban J connectivity index is 2.07. The van der Waals surface area contributed by atoms with Gasteiger partial charge in [-0.3, -0.25) is 0 Å². The van der Waals surface area contributed by atoms with Gasteiger partial charge in [0.05, 0.1) is 24.6 Å². The Morgan fingerprint density at radius 2 is 1.71 bits per heavy atom. The summed E-state index contributed by atoms with van der Waals surface area (Å²) in [5.74, 6) is 1.32. The van der Waals surface area contributed by atoms with Gasteiger partial charge in [-0.05, 0) is 63.3 Å². The summed E-state index contributed by atoms with van der Waals surface area (Å²) in [6.45, 7) is 2.12. The summed E-state index contributed by atoms with van der Waals surface area (Å²) >= 11 is 0. The number of hydrogen-bond acceptors (Lipinski definition) is 5. The molecule has 1 aliphatic heterocycles. The van der Waals surface area contributed by atoms with E-state index in [9.17, 15) is 8.42 Å². The average molecular weight is 401 g/mol. The van der Waals surface area contributed by atoms with Gasteiger partial charge in [-0.1, -0.05) is 0 Å². The Morgan fingerprint density at radius 1 is 1.04 bits per heavy atom. The standard InChI is InChI=1S/C21H24N2O4S/c1-13(22(2)3)8-14-12-23-21-17(14)10-16(27-5)11-19(21)18-9-15(26-4)6-7-20(18)28(23,24)25/h6-7,9-13H,8H2,1-5H3. The van der Waals surface area contributed by atoms with E-state index in [0.29, 0.717) is 22.6 Å². The molecule has 4 rings (SSSR count). The molecular formula is C21H24N2O4S. The fourth-order valence-corrected chi connectivity index (χ4v) is 5.32. The second-order valence-corrected chi connectivity index (χ2v) is 9.19. The lowest BCUT2D eigenvalue weighted by molar-refractivity contribution is 0.313. The smallest absolute Gasteiger partial charge is 0.268 e. The van der Waals surface area contributed by atoms with Gasteiger partial charge < -0.3 is 14.4 Å². The number of fused-ring (bicyclic) bond motifs is 2. The van der Waals surface area contributed by atoms with Crippen LogP contribution >= 0.6 is 0 Å². The van der Waals surface area contributed by atoms with Gasteiger partial charge in [-0.25, -0.2) is 12.4 Å². The highest BCUT2D eigenvalue weighted by Gasteiger charge is 2.32. The zero-order valence-corrected chi connectivity index (χ0v) is 17.5. The minimum absolute atomic E-state index is 0.264. The molecule has 0 saturated carbocycles. The van der Waals surface area contributed by atoms with Crippen LogP contribution in [0.3, 0.4) is 0 Å². The monoisotopic (exact) mass is 400 g/mol. The highest BCUT2D eigenvalue weighted by Crippen LogP contribution is 2.45. The van der Waals surface area contributed by atoms with Crippen LogP contribution < -0.4 is 9.47 Å². The van der Waals surface area contributed by atoms with Gasteiger partial charge in [0.25, 0.3) is 10.0 Å². The number of hydrogen-bond donors (Lipinski definition) is 0. The van der Waals surface area contributed by atoms with Crippen molar-refractivity contribution in [3.05, 3.63) is 42.1 Å². The van der Waals surface area contributed by atoms with Crippen LogP contribution in [0.15, 0.2) is 41.4 Å². The summed E-state index contributed by atoms with van der Waals surface area (Å²) in [5, 5.41) is 0.903. The first-order valence-electron chi connectivity index (χ1n) is 9.10. The Kier molecular flexibility index (Phi) is 4.39. The van der Waals surface area contributed by atoms with E-state index in [1.807, 2.05) is 26.2 Å². The third-order valence-electron chi connectivity index (χ3n) is 5.57. The third-order valence-corrected chi connectivity index (χ3v) is 7.29. The summed E-state index contributed by atoms with van der Waals surface area (Å²) in [6.07, 6.45) is 2.49. The van der Waals surface area contributed by atoms with Gasteiger partial charge in [0.15, 0.2) is 0 Å².